The van der Waals surface area contributed by atoms with E-state index in [-0.39, 0.29) is 0 Å². The number of nitrogens with zero attached hydrogens (tertiary/aromatic N) is 2. The van der Waals surface area contributed by atoms with Gasteiger partial charge in [-0.15, -0.1) is 0 Å². The number of rotatable bonds is 6. The number of benzene rings is 1. The molecule has 0 fully saturated rings. The van der Waals surface area contributed by atoms with Crippen LogP contribution in [0.25, 0.3) is 0 Å². The van der Waals surface area contributed by atoms with Gasteiger partial charge in [0.15, 0.2) is 5.16 Å². The van der Waals surface area contributed by atoms with Crippen LogP contribution >= 0.6 is 11.8 Å². The quantitative estimate of drug-likeness (QED) is 0.498. The average molecular weight is 275 g/mol. The van der Waals surface area contributed by atoms with Gasteiger partial charge in [0.05, 0.1) is 6.61 Å². The molecule has 0 unspecified atom stereocenters. The summed E-state index contributed by atoms with van der Waals surface area (Å²) in [4.78, 5) is 8.52. The summed E-state index contributed by atoms with van der Waals surface area (Å²) in [5.74, 6) is 1.67. The molecular formula is C14H17N3OS. The van der Waals surface area contributed by atoms with E-state index in [9.17, 15) is 0 Å². The van der Waals surface area contributed by atoms with Crippen LogP contribution in [0.2, 0.25) is 0 Å². The number of aromatic nitrogens is 2. The summed E-state index contributed by atoms with van der Waals surface area (Å²) in [6, 6.07) is 9.73. The molecule has 2 N–H and O–H groups in total. The standard InChI is InChI=1S/C14H17N3OS/c1-11-5-6-16-14(17-11)19-8-7-18-13-4-2-3-12(9-13)10-15/h2-6,9H,7-8,10,15H2,1H3. The minimum Gasteiger partial charge on any atom is -0.493 e. The molecule has 4 nitrogen and oxygen atoms in total. The highest BCUT2D eigenvalue weighted by atomic mass is 32.2. The highest BCUT2D eigenvalue weighted by Gasteiger charge is 1.99. The third kappa shape index (κ3) is 4.54. The molecular weight excluding hydrogens is 258 g/mol. The van der Waals surface area contributed by atoms with E-state index in [1.807, 2.05) is 37.3 Å². The molecule has 0 spiro atoms. The van der Waals surface area contributed by atoms with Crippen LogP contribution in [0, 0.1) is 6.92 Å². The van der Waals surface area contributed by atoms with Crippen molar-refractivity contribution in [3.05, 3.63) is 47.8 Å². The first kappa shape index (κ1) is 13.8. The first-order chi connectivity index (χ1) is 9.28. The molecule has 0 bridgehead atoms. The van der Waals surface area contributed by atoms with E-state index in [1.54, 1.807) is 18.0 Å². The van der Waals surface area contributed by atoms with Gasteiger partial charge in [-0.05, 0) is 30.7 Å². The van der Waals surface area contributed by atoms with E-state index < -0.39 is 0 Å². The molecule has 2 rings (SSSR count). The minimum atomic E-state index is 0.531. The third-order valence-electron chi connectivity index (χ3n) is 2.49. The van der Waals surface area contributed by atoms with Crippen molar-refractivity contribution in [3.63, 3.8) is 0 Å². The summed E-state index contributed by atoms with van der Waals surface area (Å²) in [7, 11) is 0. The van der Waals surface area contributed by atoms with Gasteiger partial charge in [-0.2, -0.15) is 0 Å². The van der Waals surface area contributed by atoms with Gasteiger partial charge >= 0.3 is 0 Å². The van der Waals surface area contributed by atoms with Crippen molar-refractivity contribution < 1.29 is 4.74 Å². The zero-order valence-electron chi connectivity index (χ0n) is 10.9. The normalized spacial score (nSPS) is 10.4. The summed E-state index contributed by atoms with van der Waals surface area (Å²) in [5, 5.41) is 0.791. The largest absolute Gasteiger partial charge is 0.493 e. The molecule has 0 amide bonds. The van der Waals surface area contributed by atoms with Crippen molar-refractivity contribution in [2.45, 2.75) is 18.6 Å². The van der Waals surface area contributed by atoms with Crippen LogP contribution < -0.4 is 10.5 Å². The zero-order chi connectivity index (χ0) is 13.5. The summed E-state index contributed by atoms with van der Waals surface area (Å²) in [6.07, 6.45) is 1.77. The van der Waals surface area contributed by atoms with Crippen molar-refractivity contribution >= 4 is 11.8 Å². The van der Waals surface area contributed by atoms with Crippen LogP contribution in [-0.4, -0.2) is 22.3 Å². The van der Waals surface area contributed by atoms with Crippen LogP contribution in [0.3, 0.4) is 0 Å². The lowest BCUT2D eigenvalue weighted by Gasteiger charge is -2.07. The van der Waals surface area contributed by atoms with Gasteiger partial charge in [0.2, 0.25) is 0 Å². The number of aryl methyl sites for hydroxylation is 1. The maximum Gasteiger partial charge on any atom is 0.187 e. The molecule has 0 saturated carbocycles. The smallest absolute Gasteiger partial charge is 0.187 e. The lowest BCUT2D eigenvalue weighted by atomic mass is 10.2. The first-order valence-corrected chi connectivity index (χ1v) is 7.11. The van der Waals surface area contributed by atoms with E-state index >= 15 is 0 Å². The zero-order valence-corrected chi connectivity index (χ0v) is 11.7. The fourth-order valence-electron chi connectivity index (χ4n) is 1.55. The van der Waals surface area contributed by atoms with E-state index in [2.05, 4.69) is 9.97 Å². The van der Waals surface area contributed by atoms with E-state index in [4.69, 9.17) is 10.5 Å². The molecule has 19 heavy (non-hydrogen) atoms. The van der Waals surface area contributed by atoms with Crippen molar-refractivity contribution in [1.82, 2.24) is 9.97 Å². The molecule has 0 radical (unpaired) electrons. The second-order valence-electron chi connectivity index (χ2n) is 4.03. The third-order valence-corrected chi connectivity index (χ3v) is 3.32. The van der Waals surface area contributed by atoms with Crippen molar-refractivity contribution in [3.8, 4) is 5.75 Å². The molecule has 100 valence electrons. The Morgan fingerprint density at radius 3 is 3.00 bits per heavy atom. The van der Waals surface area contributed by atoms with Gasteiger partial charge in [0, 0.05) is 24.2 Å². The molecule has 0 aliphatic heterocycles. The number of thioether (sulfide) groups is 1. The van der Waals surface area contributed by atoms with Gasteiger partial charge in [-0.1, -0.05) is 23.9 Å². The maximum absolute atomic E-state index is 5.67. The van der Waals surface area contributed by atoms with Crippen molar-refractivity contribution in [2.24, 2.45) is 5.73 Å². The van der Waals surface area contributed by atoms with Gasteiger partial charge in [-0.25, -0.2) is 9.97 Å². The molecule has 2 aromatic rings. The summed E-state index contributed by atoms with van der Waals surface area (Å²) in [5.41, 5.74) is 7.64. The van der Waals surface area contributed by atoms with Gasteiger partial charge < -0.3 is 10.5 Å². The predicted molar refractivity (Wildman–Crippen MR) is 77.3 cm³/mol. The number of nitrogens with two attached hydrogens (primary N) is 1. The van der Waals surface area contributed by atoms with Crippen molar-refractivity contribution in [1.29, 1.82) is 0 Å². The Morgan fingerprint density at radius 1 is 1.32 bits per heavy atom. The molecule has 1 aromatic heterocycles. The summed E-state index contributed by atoms with van der Waals surface area (Å²) >= 11 is 1.59. The topological polar surface area (TPSA) is 61.0 Å². The van der Waals surface area contributed by atoms with Gasteiger partial charge in [-0.3, -0.25) is 0 Å². The lowest BCUT2D eigenvalue weighted by molar-refractivity contribution is 0.343. The number of hydrogen-bond donors (Lipinski definition) is 1. The minimum absolute atomic E-state index is 0.531. The number of ether oxygens (including phenoxy) is 1. The molecule has 1 aromatic carbocycles. The van der Waals surface area contributed by atoms with E-state index in [0.29, 0.717) is 13.2 Å². The Morgan fingerprint density at radius 2 is 2.21 bits per heavy atom. The molecule has 0 saturated heterocycles. The molecule has 0 aliphatic rings. The molecule has 0 aliphatic carbocycles. The first-order valence-electron chi connectivity index (χ1n) is 6.12. The van der Waals surface area contributed by atoms with E-state index in [0.717, 1.165) is 27.9 Å². The number of hydrogen-bond acceptors (Lipinski definition) is 5. The lowest BCUT2D eigenvalue weighted by Crippen LogP contribution is -2.02. The predicted octanol–water partition coefficient (Wildman–Crippen LogP) is 2.41. The summed E-state index contributed by atoms with van der Waals surface area (Å²) < 4.78 is 5.67. The maximum atomic E-state index is 5.67. The average Bonchev–Trinajstić information content (AvgIpc) is 2.44. The van der Waals surface area contributed by atoms with Gasteiger partial charge in [0.25, 0.3) is 0 Å². The Balaban J connectivity index is 1.77. The summed E-state index contributed by atoms with van der Waals surface area (Å²) in [6.45, 7) is 3.11. The van der Waals surface area contributed by atoms with Crippen LogP contribution in [0.4, 0.5) is 0 Å². The van der Waals surface area contributed by atoms with Gasteiger partial charge in [0.1, 0.15) is 5.75 Å². The molecule has 5 heteroatoms. The Labute approximate surface area is 117 Å². The van der Waals surface area contributed by atoms with Crippen molar-refractivity contribution in [2.75, 3.05) is 12.4 Å². The fraction of sp³-hybridized carbons (Fsp3) is 0.286. The SMILES string of the molecule is Cc1ccnc(SCCOc2cccc(CN)c2)n1. The van der Waals surface area contributed by atoms with Crippen LogP contribution in [0.1, 0.15) is 11.3 Å². The van der Waals surface area contributed by atoms with E-state index in [1.165, 1.54) is 0 Å². The highest BCUT2D eigenvalue weighted by molar-refractivity contribution is 7.99. The second-order valence-corrected chi connectivity index (χ2v) is 5.09. The monoisotopic (exact) mass is 275 g/mol. The van der Waals surface area contributed by atoms with Crippen LogP contribution in [0.15, 0.2) is 41.7 Å². The highest BCUT2D eigenvalue weighted by Crippen LogP contribution is 2.15. The van der Waals surface area contributed by atoms with Crippen LogP contribution in [-0.2, 0) is 6.54 Å². The molecule has 1 heterocycles. The second kappa shape index (κ2) is 7.11. The Kier molecular flexibility index (Phi) is 5.18. The Bertz CT molecular complexity index is 534. The Hall–Kier alpha value is -1.59. The molecule has 0 atom stereocenters. The fourth-order valence-corrected chi connectivity index (χ4v) is 2.24. The van der Waals surface area contributed by atoms with Crippen LogP contribution in [0.5, 0.6) is 5.75 Å².